The van der Waals surface area contributed by atoms with E-state index in [9.17, 15) is 0 Å². The maximum atomic E-state index is 4.07. The van der Waals surface area contributed by atoms with Crippen LogP contribution in [0.4, 0.5) is 0 Å². The van der Waals surface area contributed by atoms with E-state index >= 15 is 0 Å². The van der Waals surface area contributed by atoms with E-state index in [1.165, 1.54) is 5.57 Å². The average molecular weight is 241 g/mol. The number of allylic oxidation sites excluding steroid dienone is 8. The first kappa shape index (κ1) is 14.3. The smallest absolute Gasteiger partial charge is 0.0337 e. The molecule has 0 spiro atoms. The highest BCUT2D eigenvalue weighted by Crippen LogP contribution is 2.14. The zero-order chi connectivity index (χ0) is 13.5. The van der Waals surface area contributed by atoms with E-state index in [1.54, 1.807) is 0 Å². The van der Waals surface area contributed by atoms with E-state index in [2.05, 4.69) is 57.4 Å². The van der Waals surface area contributed by atoms with Gasteiger partial charge >= 0.3 is 0 Å². The molecule has 0 amide bonds. The first-order valence-electron chi connectivity index (χ1n) is 6.32. The van der Waals surface area contributed by atoms with E-state index in [1.807, 2.05) is 24.1 Å². The summed E-state index contributed by atoms with van der Waals surface area (Å²) in [5.74, 6) is 0.550. The molecule has 18 heavy (non-hydrogen) atoms. The number of rotatable bonds is 0. The van der Waals surface area contributed by atoms with Crippen molar-refractivity contribution in [3.05, 3.63) is 72.7 Å². The lowest BCUT2D eigenvalue weighted by molar-refractivity contribution is 0.558. The van der Waals surface area contributed by atoms with Crippen LogP contribution in [0.3, 0.4) is 0 Å². The second kappa shape index (κ2) is 6.85. The van der Waals surface area contributed by atoms with Crippen molar-refractivity contribution in [2.45, 2.75) is 20.3 Å². The molecule has 0 saturated heterocycles. The lowest BCUT2D eigenvalue weighted by Gasteiger charge is -2.19. The summed E-state index contributed by atoms with van der Waals surface area (Å²) in [5, 5.41) is 0. The summed E-state index contributed by atoms with van der Waals surface area (Å²) >= 11 is 0. The Bertz CT molecular complexity index is 433. The minimum atomic E-state index is 0.550. The van der Waals surface area contributed by atoms with Crippen LogP contribution in [0.25, 0.3) is 0 Å². The Labute approximate surface area is 111 Å². The molecular formula is C17H23N. The molecule has 1 aliphatic heterocycles. The van der Waals surface area contributed by atoms with Gasteiger partial charge in [-0.1, -0.05) is 50.5 Å². The highest BCUT2D eigenvalue weighted by Gasteiger charge is 2.01. The van der Waals surface area contributed by atoms with Crippen molar-refractivity contribution in [2.75, 3.05) is 7.05 Å². The van der Waals surface area contributed by atoms with Crippen LogP contribution in [0.15, 0.2) is 72.7 Å². The number of hydrogen-bond acceptors (Lipinski definition) is 1. The van der Waals surface area contributed by atoms with Crippen LogP contribution in [0.1, 0.15) is 20.3 Å². The zero-order valence-corrected chi connectivity index (χ0v) is 11.7. The van der Waals surface area contributed by atoms with E-state index in [-0.39, 0.29) is 0 Å². The Kier molecular flexibility index (Phi) is 5.44. The fourth-order valence-corrected chi connectivity index (χ4v) is 1.67. The SMILES string of the molecule is C=C1/C=C\C=C/C(C)C/C=C\C(C)=C/C(=C)N1C. The van der Waals surface area contributed by atoms with Gasteiger partial charge in [-0.05, 0) is 37.0 Å². The topological polar surface area (TPSA) is 3.24 Å². The molecule has 1 heteroatoms. The normalized spacial score (nSPS) is 30.5. The fraction of sp³-hybridized carbons (Fsp3) is 0.294. The van der Waals surface area contributed by atoms with Crippen LogP contribution in [0.5, 0.6) is 0 Å². The molecule has 1 unspecified atom stereocenters. The van der Waals surface area contributed by atoms with Gasteiger partial charge in [0.05, 0.1) is 0 Å². The predicted molar refractivity (Wildman–Crippen MR) is 81.0 cm³/mol. The molecule has 96 valence electrons. The van der Waals surface area contributed by atoms with Crippen LogP contribution < -0.4 is 0 Å². The summed E-state index contributed by atoms with van der Waals surface area (Å²) in [5.41, 5.74) is 3.09. The second-order valence-electron chi connectivity index (χ2n) is 4.79. The third-order valence-electron chi connectivity index (χ3n) is 2.98. The molecule has 0 aromatic carbocycles. The van der Waals surface area contributed by atoms with E-state index < -0.39 is 0 Å². The number of likely N-dealkylation sites (N-methyl/N-ethyl adjacent to an activating group) is 1. The van der Waals surface area contributed by atoms with Gasteiger partial charge in [0.15, 0.2) is 0 Å². The van der Waals surface area contributed by atoms with Gasteiger partial charge in [-0.15, -0.1) is 0 Å². The van der Waals surface area contributed by atoms with Gasteiger partial charge in [0.2, 0.25) is 0 Å². The van der Waals surface area contributed by atoms with Crippen LogP contribution in [0.2, 0.25) is 0 Å². The van der Waals surface area contributed by atoms with Crippen molar-refractivity contribution in [1.82, 2.24) is 4.90 Å². The fourth-order valence-electron chi connectivity index (χ4n) is 1.67. The van der Waals surface area contributed by atoms with Gasteiger partial charge in [-0.25, -0.2) is 0 Å². The molecule has 0 aromatic rings. The Morgan fingerprint density at radius 2 is 1.89 bits per heavy atom. The summed E-state index contributed by atoms with van der Waals surface area (Å²) in [6, 6.07) is 0. The average Bonchev–Trinajstić information content (AvgIpc) is 2.32. The van der Waals surface area contributed by atoms with Crippen molar-refractivity contribution in [3.63, 3.8) is 0 Å². The highest BCUT2D eigenvalue weighted by atomic mass is 15.1. The van der Waals surface area contributed by atoms with Crippen LogP contribution >= 0.6 is 0 Å². The highest BCUT2D eigenvalue weighted by molar-refractivity contribution is 5.31. The molecule has 0 aromatic heterocycles. The van der Waals surface area contributed by atoms with E-state index in [4.69, 9.17) is 0 Å². The molecule has 0 saturated carbocycles. The molecule has 1 rings (SSSR count). The Morgan fingerprint density at radius 1 is 1.17 bits per heavy atom. The summed E-state index contributed by atoms with van der Waals surface area (Å²) in [6.45, 7) is 12.4. The van der Waals surface area contributed by atoms with Gasteiger partial charge in [0.1, 0.15) is 0 Å². The molecule has 1 heterocycles. The van der Waals surface area contributed by atoms with Gasteiger partial charge < -0.3 is 4.90 Å². The minimum Gasteiger partial charge on any atom is -0.346 e. The Balaban J connectivity index is 2.99. The maximum Gasteiger partial charge on any atom is 0.0337 e. The van der Waals surface area contributed by atoms with Crippen molar-refractivity contribution in [3.8, 4) is 0 Å². The Hall–Kier alpha value is -1.76. The van der Waals surface area contributed by atoms with Gasteiger partial charge in [0.25, 0.3) is 0 Å². The second-order valence-corrected chi connectivity index (χ2v) is 4.79. The van der Waals surface area contributed by atoms with Gasteiger partial charge in [0, 0.05) is 18.4 Å². The maximum absolute atomic E-state index is 4.07. The minimum absolute atomic E-state index is 0.550. The molecule has 0 aliphatic carbocycles. The van der Waals surface area contributed by atoms with Crippen LogP contribution in [0, 0.1) is 5.92 Å². The summed E-state index contributed by atoms with van der Waals surface area (Å²) in [6.07, 6.45) is 15.8. The van der Waals surface area contributed by atoms with Crippen molar-refractivity contribution in [1.29, 1.82) is 0 Å². The van der Waals surface area contributed by atoms with Crippen LogP contribution in [-0.2, 0) is 0 Å². The molecule has 0 bridgehead atoms. The molecule has 1 nitrogen and oxygen atoms in total. The summed E-state index contributed by atoms with van der Waals surface area (Å²) < 4.78 is 0. The monoisotopic (exact) mass is 241 g/mol. The molecule has 0 N–H and O–H groups in total. The predicted octanol–water partition coefficient (Wildman–Crippen LogP) is 4.60. The lowest BCUT2D eigenvalue weighted by atomic mass is 10.1. The lowest BCUT2D eigenvalue weighted by Crippen LogP contribution is -2.13. The molecular weight excluding hydrogens is 218 g/mol. The zero-order valence-electron chi connectivity index (χ0n) is 11.7. The molecule has 1 atom stereocenters. The van der Waals surface area contributed by atoms with Crippen molar-refractivity contribution in [2.24, 2.45) is 5.92 Å². The largest absolute Gasteiger partial charge is 0.346 e. The first-order valence-corrected chi connectivity index (χ1v) is 6.32. The molecule has 1 aliphatic rings. The molecule has 0 radical (unpaired) electrons. The quantitative estimate of drug-likeness (QED) is 0.599. The van der Waals surface area contributed by atoms with Crippen molar-refractivity contribution < 1.29 is 0 Å². The van der Waals surface area contributed by atoms with Crippen LogP contribution in [-0.4, -0.2) is 11.9 Å². The van der Waals surface area contributed by atoms with Gasteiger partial charge in [-0.3, -0.25) is 0 Å². The first-order chi connectivity index (χ1) is 8.50. The van der Waals surface area contributed by atoms with Crippen molar-refractivity contribution >= 4 is 0 Å². The Morgan fingerprint density at radius 3 is 2.61 bits per heavy atom. The van der Waals surface area contributed by atoms with E-state index in [0.29, 0.717) is 5.92 Å². The third-order valence-corrected chi connectivity index (χ3v) is 2.98. The van der Waals surface area contributed by atoms with E-state index in [0.717, 1.165) is 17.8 Å². The summed E-state index contributed by atoms with van der Waals surface area (Å²) in [4.78, 5) is 1.99. The third kappa shape index (κ3) is 4.62. The molecule has 0 fully saturated rings. The number of hydrogen-bond donors (Lipinski definition) is 0. The van der Waals surface area contributed by atoms with Gasteiger partial charge in [-0.2, -0.15) is 0 Å². The standard InChI is InChI=1S/C17H23N/c1-14-9-6-7-12-16(3)18(5)17(4)13-15(2)11-8-10-14/h6-9,11-14H,3-4,10H2,1-2,5H3/b9-6-,11-8-,12-7-,15-13-. The summed E-state index contributed by atoms with van der Waals surface area (Å²) in [7, 11) is 1.98. The number of nitrogens with zero attached hydrogens (tertiary/aromatic N) is 1.